The van der Waals surface area contributed by atoms with Crippen molar-refractivity contribution in [2.24, 2.45) is 7.05 Å². The number of imidazole rings is 1. The van der Waals surface area contributed by atoms with Crippen molar-refractivity contribution in [2.45, 2.75) is 11.4 Å². The van der Waals surface area contributed by atoms with Crippen LogP contribution in [0.15, 0.2) is 53.4 Å². The molecule has 31 heavy (non-hydrogen) atoms. The van der Waals surface area contributed by atoms with Gasteiger partial charge in [-0.15, -0.1) is 0 Å². The molecule has 11 heteroatoms. The first kappa shape index (κ1) is 23.2. The second kappa shape index (κ2) is 8.95. The van der Waals surface area contributed by atoms with Gasteiger partial charge in [0.2, 0.25) is 20.0 Å². The number of nitrogens with zero attached hydrogens (tertiary/aromatic N) is 4. The average Bonchev–Trinajstić information content (AvgIpc) is 3.01. The minimum absolute atomic E-state index is 0.104. The first-order valence-corrected chi connectivity index (χ1v) is 12.9. The van der Waals surface area contributed by atoms with Gasteiger partial charge in [0.25, 0.3) is 0 Å². The summed E-state index contributed by atoms with van der Waals surface area (Å²) >= 11 is 0. The molecule has 2 aromatic carbocycles. The summed E-state index contributed by atoms with van der Waals surface area (Å²) in [5, 5.41) is 0. The lowest BCUT2D eigenvalue weighted by Crippen LogP contribution is -2.35. The predicted molar refractivity (Wildman–Crippen MR) is 122 cm³/mol. The van der Waals surface area contributed by atoms with Crippen molar-refractivity contribution in [3.8, 4) is 0 Å². The Morgan fingerprint density at radius 1 is 0.968 bits per heavy atom. The van der Waals surface area contributed by atoms with Crippen LogP contribution in [0.25, 0.3) is 11.0 Å². The number of anilines is 1. The Balaban J connectivity index is 1.62. The van der Waals surface area contributed by atoms with Gasteiger partial charge in [0.1, 0.15) is 5.82 Å². The molecule has 0 aliphatic rings. The van der Waals surface area contributed by atoms with Gasteiger partial charge in [0, 0.05) is 32.9 Å². The van der Waals surface area contributed by atoms with E-state index in [4.69, 9.17) is 0 Å². The number of fused-ring (bicyclic) bond motifs is 1. The summed E-state index contributed by atoms with van der Waals surface area (Å²) in [5.74, 6) is 0.906. The standard InChI is InChI=1S/C20H27N5O4S2/c1-23(15-20-21-18-7-5-6-8-19(18)25(20)3)13-14-24(2)31(28,29)17-11-9-16(10-12-17)22-30(4,26)27/h5-12,22H,13-15H2,1-4H3. The molecule has 0 radical (unpaired) electrons. The number of hydrogen-bond acceptors (Lipinski definition) is 6. The van der Waals surface area contributed by atoms with Crippen LogP contribution in [0.3, 0.4) is 0 Å². The lowest BCUT2D eigenvalue weighted by atomic mass is 10.3. The molecule has 0 bridgehead atoms. The molecule has 3 aromatic rings. The number of aryl methyl sites for hydroxylation is 1. The highest BCUT2D eigenvalue weighted by Crippen LogP contribution is 2.19. The van der Waals surface area contributed by atoms with E-state index in [0.717, 1.165) is 23.1 Å². The zero-order valence-electron chi connectivity index (χ0n) is 18.0. The van der Waals surface area contributed by atoms with Crippen molar-refractivity contribution in [3.05, 3.63) is 54.4 Å². The van der Waals surface area contributed by atoms with E-state index in [2.05, 4.69) is 9.71 Å². The minimum Gasteiger partial charge on any atom is -0.330 e. The number of benzene rings is 2. The van der Waals surface area contributed by atoms with Crippen molar-refractivity contribution in [1.29, 1.82) is 0 Å². The van der Waals surface area contributed by atoms with Gasteiger partial charge in [-0.2, -0.15) is 4.31 Å². The van der Waals surface area contributed by atoms with Gasteiger partial charge < -0.3 is 4.57 Å². The number of aromatic nitrogens is 2. The normalized spacial score (nSPS) is 12.7. The number of hydrogen-bond donors (Lipinski definition) is 1. The molecule has 0 amide bonds. The van der Waals surface area contributed by atoms with Crippen LogP contribution in [-0.4, -0.2) is 69.0 Å². The van der Waals surface area contributed by atoms with Crippen LogP contribution in [-0.2, 0) is 33.6 Å². The van der Waals surface area contributed by atoms with Crippen molar-refractivity contribution in [1.82, 2.24) is 18.8 Å². The van der Waals surface area contributed by atoms with Gasteiger partial charge in [0.05, 0.1) is 28.7 Å². The molecule has 0 atom stereocenters. The van der Waals surface area contributed by atoms with E-state index in [1.54, 1.807) is 0 Å². The third-order valence-corrected chi connectivity index (χ3v) is 7.43. The number of para-hydroxylation sites is 2. The highest BCUT2D eigenvalue weighted by atomic mass is 32.2. The van der Waals surface area contributed by atoms with Crippen LogP contribution in [0.4, 0.5) is 5.69 Å². The van der Waals surface area contributed by atoms with Crippen LogP contribution < -0.4 is 4.72 Å². The van der Waals surface area contributed by atoms with Crippen molar-refractivity contribution < 1.29 is 16.8 Å². The summed E-state index contributed by atoms with van der Waals surface area (Å²) in [5.41, 5.74) is 2.30. The summed E-state index contributed by atoms with van der Waals surface area (Å²) in [6, 6.07) is 13.6. The predicted octanol–water partition coefficient (Wildman–Crippen LogP) is 1.70. The van der Waals surface area contributed by atoms with E-state index >= 15 is 0 Å². The van der Waals surface area contributed by atoms with E-state index in [1.165, 1.54) is 35.6 Å². The maximum Gasteiger partial charge on any atom is 0.242 e. The Morgan fingerprint density at radius 2 is 1.61 bits per heavy atom. The lowest BCUT2D eigenvalue weighted by molar-refractivity contribution is 0.292. The maximum atomic E-state index is 12.8. The Bertz CT molecular complexity index is 1270. The van der Waals surface area contributed by atoms with Crippen molar-refractivity contribution >= 4 is 36.8 Å². The van der Waals surface area contributed by atoms with Crippen LogP contribution in [0.2, 0.25) is 0 Å². The van der Waals surface area contributed by atoms with Gasteiger partial charge in [-0.05, 0) is 43.4 Å². The molecular weight excluding hydrogens is 438 g/mol. The van der Waals surface area contributed by atoms with Crippen LogP contribution in [0.5, 0.6) is 0 Å². The van der Waals surface area contributed by atoms with Gasteiger partial charge >= 0.3 is 0 Å². The number of likely N-dealkylation sites (N-methyl/N-ethyl adjacent to an activating group) is 2. The fraction of sp³-hybridized carbons (Fsp3) is 0.350. The van der Waals surface area contributed by atoms with Gasteiger partial charge in [-0.3, -0.25) is 9.62 Å². The largest absolute Gasteiger partial charge is 0.330 e. The molecule has 9 nitrogen and oxygen atoms in total. The topological polar surface area (TPSA) is 105 Å². The molecule has 3 rings (SSSR count). The van der Waals surface area contributed by atoms with Crippen LogP contribution in [0.1, 0.15) is 5.82 Å². The van der Waals surface area contributed by atoms with E-state index in [9.17, 15) is 16.8 Å². The fourth-order valence-electron chi connectivity index (χ4n) is 3.18. The highest BCUT2D eigenvalue weighted by Gasteiger charge is 2.21. The quantitative estimate of drug-likeness (QED) is 0.516. The summed E-state index contributed by atoms with van der Waals surface area (Å²) < 4.78 is 53.9. The molecule has 168 valence electrons. The Labute approximate surface area is 183 Å². The average molecular weight is 466 g/mol. The van der Waals surface area contributed by atoms with Gasteiger partial charge in [-0.25, -0.2) is 21.8 Å². The smallest absolute Gasteiger partial charge is 0.242 e. The summed E-state index contributed by atoms with van der Waals surface area (Å²) in [4.78, 5) is 6.77. The van der Waals surface area contributed by atoms with Crippen LogP contribution >= 0.6 is 0 Å². The molecule has 1 N–H and O–H groups in total. The minimum atomic E-state index is -3.69. The van der Waals surface area contributed by atoms with E-state index in [-0.39, 0.29) is 4.90 Å². The van der Waals surface area contributed by atoms with E-state index in [1.807, 2.05) is 47.8 Å². The third-order valence-electron chi connectivity index (χ3n) is 4.95. The first-order valence-electron chi connectivity index (χ1n) is 9.60. The number of rotatable bonds is 9. The second-order valence-corrected chi connectivity index (χ2v) is 11.3. The molecule has 0 spiro atoms. The summed E-state index contributed by atoms with van der Waals surface area (Å²) in [6.07, 6.45) is 1.04. The Hall–Kier alpha value is -2.47. The lowest BCUT2D eigenvalue weighted by Gasteiger charge is -2.22. The van der Waals surface area contributed by atoms with E-state index < -0.39 is 20.0 Å². The third kappa shape index (κ3) is 5.62. The van der Waals surface area contributed by atoms with Crippen molar-refractivity contribution in [2.75, 3.05) is 38.2 Å². The number of nitrogens with one attached hydrogen (secondary N) is 1. The fourth-order valence-corrected chi connectivity index (χ4v) is 4.90. The molecule has 1 aromatic heterocycles. The maximum absolute atomic E-state index is 12.8. The molecule has 0 unspecified atom stereocenters. The summed E-state index contributed by atoms with van der Waals surface area (Å²) in [6.45, 7) is 1.41. The molecule has 1 heterocycles. The van der Waals surface area contributed by atoms with E-state index in [0.29, 0.717) is 25.3 Å². The molecule has 0 aliphatic heterocycles. The molecule has 0 saturated heterocycles. The Morgan fingerprint density at radius 3 is 2.23 bits per heavy atom. The molecule has 0 fully saturated rings. The zero-order valence-corrected chi connectivity index (χ0v) is 19.6. The molecule has 0 aliphatic carbocycles. The number of sulfonamides is 2. The van der Waals surface area contributed by atoms with Gasteiger partial charge in [0.15, 0.2) is 0 Å². The van der Waals surface area contributed by atoms with Crippen LogP contribution in [0, 0.1) is 0 Å². The summed E-state index contributed by atoms with van der Waals surface area (Å²) in [7, 11) is -1.69. The molecular formula is C20H27N5O4S2. The molecule has 0 saturated carbocycles. The first-order chi connectivity index (χ1) is 14.5. The Kier molecular flexibility index (Phi) is 6.70. The monoisotopic (exact) mass is 465 g/mol. The zero-order chi connectivity index (χ0) is 22.8. The highest BCUT2D eigenvalue weighted by molar-refractivity contribution is 7.92. The second-order valence-electron chi connectivity index (χ2n) is 7.54. The SMILES string of the molecule is CN(CCN(C)S(=O)(=O)c1ccc(NS(C)(=O)=O)cc1)Cc1nc2ccccc2n1C. The van der Waals surface area contributed by atoms with Crippen molar-refractivity contribution in [3.63, 3.8) is 0 Å². The van der Waals surface area contributed by atoms with Gasteiger partial charge in [-0.1, -0.05) is 12.1 Å².